The molecule has 0 fully saturated rings. The highest BCUT2D eigenvalue weighted by atomic mass is 16.5. The first kappa shape index (κ1) is 18.7. The van der Waals surface area contributed by atoms with Crippen LogP contribution in [0.5, 0.6) is 0 Å². The Balaban J connectivity index is 0. The van der Waals surface area contributed by atoms with Crippen molar-refractivity contribution in [3.63, 3.8) is 0 Å². The number of carbonyl (C=O) groups is 2. The fourth-order valence-electron chi connectivity index (χ4n) is 0.580. The third kappa shape index (κ3) is 12.4. The van der Waals surface area contributed by atoms with E-state index in [-0.39, 0.29) is 19.2 Å². The van der Waals surface area contributed by atoms with Crippen LogP contribution in [-0.4, -0.2) is 36.9 Å². The van der Waals surface area contributed by atoms with E-state index in [4.69, 9.17) is 9.84 Å². The van der Waals surface area contributed by atoms with Crippen LogP contribution in [0.2, 0.25) is 0 Å². The maximum Gasteiger partial charge on any atom is 0.333 e. The zero-order valence-corrected chi connectivity index (χ0v) is 11.3. The molecule has 5 heteroatoms. The van der Waals surface area contributed by atoms with E-state index >= 15 is 0 Å². The molecule has 0 aromatic carbocycles. The Kier molecular flexibility index (Phi) is 12.3. The molecule has 1 N–H and O–H groups in total. The van der Waals surface area contributed by atoms with Crippen LogP contribution >= 0.6 is 0 Å². The molecule has 0 spiro atoms. The monoisotopic (exact) mass is 258 g/mol. The first-order valence-corrected chi connectivity index (χ1v) is 5.62. The molecule has 0 rings (SSSR count). The predicted molar refractivity (Wildman–Crippen MR) is 68.9 cm³/mol. The molecule has 0 amide bonds. The molecule has 104 valence electrons. The Bertz CT molecular complexity index is 264. The molecule has 0 aliphatic rings. The van der Waals surface area contributed by atoms with Crippen LogP contribution in [0.4, 0.5) is 0 Å². The number of rotatable bonds is 6. The van der Waals surface area contributed by atoms with E-state index in [2.05, 4.69) is 17.9 Å². The number of aliphatic hydroxyl groups is 1. The van der Waals surface area contributed by atoms with E-state index in [0.29, 0.717) is 17.8 Å². The van der Waals surface area contributed by atoms with Gasteiger partial charge < -0.3 is 14.6 Å². The second kappa shape index (κ2) is 11.9. The number of esters is 2. The number of aliphatic hydroxyl groups excluding tert-OH is 1. The number of hydrogen-bond donors (Lipinski definition) is 1. The largest absolute Gasteiger partial charge is 0.462 e. The van der Waals surface area contributed by atoms with Crippen molar-refractivity contribution in [3.8, 4) is 0 Å². The Hall–Kier alpha value is -1.62. The molecule has 0 radical (unpaired) electrons. The van der Waals surface area contributed by atoms with Gasteiger partial charge in [-0.15, -0.1) is 0 Å². The van der Waals surface area contributed by atoms with Gasteiger partial charge in [0.25, 0.3) is 0 Å². The van der Waals surface area contributed by atoms with Crippen LogP contribution in [0.25, 0.3) is 0 Å². The van der Waals surface area contributed by atoms with Crippen molar-refractivity contribution in [2.75, 3.05) is 19.8 Å². The van der Waals surface area contributed by atoms with Gasteiger partial charge in [0, 0.05) is 11.1 Å². The second-order valence-electron chi connectivity index (χ2n) is 3.56. The SMILES string of the molecule is C=C(C)C(=O)OCCC.C=C(C)C(=O)OCCO. The lowest BCUT2D eigenvalue weighted by atomic mass is 10.4. The van der Waals surface area contributed by atoms with E-state index in [0.717, 1.165) is 6.42 Å². The van der Waals surface area contributed by atoms with Gasteiger partial charge in [-0.05, 0) is 20.3 Å². The number of hydrogen-bond acceptors (Lipinski definition) is 5. The van der Waals surface area contributed by atoms with Gasteiger partial charge >= 0.3 is 11.9 Å². The Morgan fingerprint density at radius 3 is 1.67 bits per heavy atom. The van der Waals surface area contributed by atoms with Crippen molar-refractivity contribution < 1.29 is 24.2 Å². The van der Waals surface area contributed by atoms with Crippen molar-refractivity contribution in [1.82, 2.24) is 0 Å². The highest BCUT2D eigenvalue weighted by Gasteiger charge is 2.00. The van der Waals surface area contributed by atoms with Crippen LogP contribution in [-0.2, 0) is 19.1 Å². The summed E-state index contributed by atoms with van der Waals surface area (Å²) in [6.07, 6.45) is 0.860. The smallest absolute Gasteiger partial charge is 0.333 e. The molecular formula is C13H22O5. The molecule has 0 saturated carbocycles. The lowest BCUT2D eigenvalue weighted by Crippen LogP contribution is -2.08. The molecule has 0 bridgehead atoms. The molecule has 5 nitrogen and oxygen atoms in total. The van der Waals surface area contributed by atoms with Gasteiger partial charge in [-0.3, -0.25) is 0 Å². The van der Waals surface area contributed by atoms with Crippen molar-refractivity contribution >= 4 is 11.9 Å². The maximum absolute atomic E-state index is 10.6. The van der Waals surface area contributed by atoms with E-state index in [9.17, 15) is 9.59 Å². The highest BCUT2D eigenvalue weighted by molar-refractivity contribution is 5.87. The quantitative estimate of drug-likeness (QED) is 0.579. The summed E-state index contributed by atoms with van der Waals surface area (Å²) in [7, 11) is 0. The van der Waals surface area contributed by atoms with Crippen molar-refractivity contribution in [1.29, 1.82) is 0 Å². The molecule has 0 saturated heterocycles. The lowest BCUT2D eigenvalue weighted by Gasteiger charge is -1.99. The van der Waals surface area contributed by atoms with E-state index in [1.807, 2.05) is 6.92 Å². The molecule has 0 unspecified atom stereocenters. The first-order valence-electron chi connectivity index (χ1n) is 5.62. The van der Waals surface area contributed by atoms with Gasteiger partial charge in [0.05, 0.1) is 13.2 Å². The van der Waals surface area contributed by atoms with Gasteiger partial charge in [-0.1, -0.05) is 20.1 Å². The Labute approximate surface area is 108 Å². The fraction of sp³-hybridized carbons (Fsp3) is 0.538. The molecule has 0 aliphatic carbocycles. The average Bonchev–Trinajstić information content (AvgIpc) is 2.33. The Morgan fingerprint density at radius 1 is 1.00 bits per heavy atom. The number of ether oxygens (including phenoxy) is 2. The van der Waals surface area contributed by atoms with Gasteiger partial charge in [0.1, 0.15) is 6.61 Å². The van der Waals surface area contributed by atoms with Crippen LogP contribution in [0.1, 0.15) is 27.2 Å². The standard InChI is InChI=1S/C7H12O2.C6H10O3/c1-4-5-9-7(8)6(2)3;1-5(2)6(8)9-4-3-7/h2,4-5H2,1,3H3;7H,1,3-4H2,2H3. The fourth-order valence-corrected chi connectivity index (χ4v) is 0.580. The van der Waals surface area contributed by atoms with Crippen LogP contribution in [0.15, 0.2) is 24.3 Å². The first-order chi connectivity index (χ1) is 8.36. The summed E-state index contributed by atoms with van der Waals surface area (Å²) in [5.74, 6) is -0.749. The highest BCUT2D eigenvalue weighted by Crippen LogP contribution is 1.92. The van der Waals surface area contributed by atoms with Crippen LogP contribution in [0, 0.1) is 0 Å². The summed E-state index contributed by atoms with van der Waals surface area (Å²) in [5.41, 5.74) is 0.812. The molecule has 18 heavy (non-hydrogen) atoms. The molecule has 0 heterocycles. The van der Waals surface area contributed by atoms with Crippen molar-refractivity contribution in [3.05, 3.63) is 24.3 Å². The maximum atomic E-state index is 10.6. The number of carbonyl (C=O) groups excluding carboxylic acids is 2. The van der Waals surface area contributed by atoms with Gasteiger partial charge in [0.2, 0.25) is 0 Å². The third-order valence-corrected chi connectivity index (χ3v) is 1.46. The predicted octanol–water partition coefficient (Wildman–Crippen LogP) is 1.61. The minimum absolute atomic E-state index is 0.0473. The minimum Gasteiger partial charge on any atom is -0.462 e. The summed E-state index contributed by atoms with van der Waals surface area (Å²) >= 11 is 0. The van der Waals surface area contributed by atoms with E-state index < -0.39 is 5.97 Å². The zero-order chi connectivity index (χ0) is 14.6. The minimum atomic E-state index is -0.455. The topological polar surface area (TPSA) is 72.8 Å². The summed E-state index contributed by atoms with van der Waals surface area (Å²) in [4.78, 5) is 21.0. The van der Waals surface area contributed by atoms with Crippen molar-refractivity contribution in [2.24, 2.45) is 0 Å². The van der Waals surface area contributed by atoms with Crippen molar-refractivity contribution in [2.45, 2.75) is 27.2 Å². The van der Waals surface area contributed by atoms with Gasteiger partial charge in [0.15, 0.2) is 0 Å². The second-order valence-corrected chi connectivity index (χ2v) is 3.56. The summed E-state index contributed by atoms with van der Waals surface area (Å²) in [6.45, 7) is 12.3. The van der Waals surface area contributed by atoms with Crippen LogP contribution in [0.3, 0.4) is 0 Å². The zero-order valence-electron chi connectivity index (χ0n) is 11.3. The summed E-state index contributed by atoms with van der Waals surface area (Å²) in [6, 6.07) is 0. The normalized spacial score (nSPS) is 8.67. The van der Waals surface area contributed by atoms with Gasteiger partial charge in [-0.25, -0.2) is 9.59 Å². The lowest BCUT2D eigenvalue weighted by molar-refractivity contribution is -0.140. The molecule has 0 atom stereocenters. The summed E-state index contributed by atoms with van der Waals surface area (Å²) < 4.78 is 9.18. The molecule has 0 aliphatic heterocycles. The molecule has 0 aromatic rings. The molecular weight excluding hydrogens is 236 g/mol. The molecule has 0 aromatic heterocycles. The van der Waals surface area contributed by atoms with E-state index in [1.54, 1.807) is 13.8 Å². The van der Waals surface area contributed by atoms with Crippen LogP contribution < -0.4 is 0 Å². The third-order valence-electron chi connectivity index (χ3n) is 1.46. The van der Waals surface area contributed by atoms with Gasteiger partial charge in [-0.2, -0.15) is 0 Å². The average molecular weight is 258 g/mol. The van der Waals surface area contributed by atoms with E-state index in [1.165, 1.54) is 0 Å². The Morgan fingerprint density at radius 2 is 1.39 bits per heavy atom. The summed E-state index contributed by atoms with van der Waals surface area (Å²) in [5, 5.41) is 8.19.